The summed E-state index contributed by atoms with van der Waals surface area (Å²) in [7, 11) is 0. The SMILES string of the molecule is C.O=C(CCc1ccc(Cl)cc1Cl)c1ccc([C@@H]2C[C@H]2C(=O)Cc2ccc3cnccc3c2)cc1. The van der Waals surface area contributed by atoms with E-state index in [4.69, 9.17) is 23.2 Å². The minimum Gasteiger partial charge on any atom is -0.299 e. The van der Waals surface area contributed by atoms with Gasteiger partial charge in [-0.25, -0.2) is 0 Å². The monoisotopic (exact) mass is 503 g/mol. The van der Waals surface area contributed by atoms with Crippen LogP contribution in [0.25, 0.3) is 10.8 Å². The fourth-order valence-electron chi connectivity index (χ4n) is 4.53. The first-order chi connectivity index (χ1) is 16.5. The largest absolute Gasteiger partial charge is 0.299 e. The van der Waals surface area contributed by atoms with Gasteiger partial charge >= 0.3 is 0 Å². The van der Waals surface area contributed by atoms with Crippen LogP contribution in [0.5, 0.6) is 0 Å². The van der Waals surface area contributed by atoms with Crippen LogP contribution in [-0.2, 0) is 17.6 Å². The van der Waals surface area contributed by atoms with Gasteiger partial charge in [0.15, 0.2) is 5.78 Å². The molecule has 5 rings (SSSR count). The van der Waals surface area contributed by atoms with Gasteiger partial charge in [0.05, 0.1) is 0 Å². The summed E-state index contributed by atoms with van der Waals surface area (Å²) in [5.41, 5.74) is 3.76. The first-order valence-corrected chi connectivity index (χ1v) is 12.2. The van der Waals surface area contributed by atoms with Crippen LogP contribution in [0.2, 0.25) is 10.0 Å². The fraction of sp³-hybridized carbons (Fsp3) is 0.233. The fourth-order valence-corrected chi connectivity index (χ4v) is 5.03. The van der Waals surface area contributed by atoms with Crippen LogP contribution in [0.4, 0.5) is 0 Å². The lowest BCUT2D eigenvalue weighted by Gasteiger charge is -2.06. The molecule has 178 valence electrons. The summed E-state index contributed by atoms with van der Waals surface area (Å²) in [6.07, 6.45) is 5.88. The van der Waals surface area contributed by atoms with Crippen LogP contribution in [0, 0.1) is 5.92 Å². The molecular formula is C30H27Cl2NO2. The van der Waals surface area contributed by atoms with Crippen molar-refractivity contribution in [3.8, 4) is 0 Å². The number of carbonyl (C=O) groups excluding carboxylic acids is 2. The molecule has 1 aliphatic carbocycles. The second-order valence-corrected chi connectivity index (χ2v) is 9.77. The Morgan fingerprint density at radius 1 is 0.914 bits per heavy atom. The number of nitrogens with zero attached hydrogens (tertiary/aromatic N) is 1. The molecule has 0 saturated heterocycles. The molecule has 2 atom stereocenters. The van der Waals surface area contributed by atoms with Crippen molar-refractivity contribution >= 4 is 45.5 Å². The molecule has 1 heterocycles. The average molecular weight is 504 g/mol. The number of fused-ring (bicyclic) bond motifs is 1. The number of hydrogen-bond acceptors (Lipinski definition) is 3. The summed E-state index contributed by atoms with van der Waals surface area (Å²) in [6.45, 7) is 0. The molecule has 0 amide bonds. The second kappa shape index (κ2) is 10.7. The first kappa shape index (κ1) is 25.1. The quantitative estimate of drug-likeness (QED) is 0.229. The summed E-state index contributed by atoms with van der Waals surface area (Å²) < 4.78 is 0. The highest BCUT2D eigenvalue weighted by molar-refractivity contribution is 6.35. The number of Topliss-reactive ketones (excluding diaryl/α,β-unsaturated/α-hetero) is 2. The van der Waals surface area contributed by atoms with Gasteiger partial charge in [0.25, 0.3) is 0 Å². The molecule has 1 fully saturated rings. The predicted octanol–water partition coefficient (Wildman–Crippen LogP) is 7.91. The van der Waals surface area contributed by atoms with E-state index in [1.54, 1.807) is 18.3 Å². The Kier molecular flexibility index (Phi) is 7.69. The Bertz CT molecular complexity index is 1380. The van der Waals surface area contributed by atoms with E-state index in [2.05, 4.69) is 11.1 Å². The molecule has 1 aliphatic rings. The maximum Gasteiger partial charge on any atom is 0.163 e. The molecule has 1 saturated carbocycles. The molecule has 0 aliphatic heterocycles. The smallest absolute Gasteiger partial charge is 0.163 e. The van der Waals surface area contributed by atoms with Crippen LogP contribution in [0.1, 0.15) is 53.2 Å². The molecule has 35 heavy (non-hydrogen) atoms. The van der Waals surface area contributed by atoms with E-state index < -0.39 is 0 Å². The number of carbonyl (C=O) groups is 2. The number of aryl methyl sites for hydroxylation is 1. The zero-order chi connectivity index (χ0) is 23.7. The Hall–Kier alpha value is -3.01. The number of rotatable bonds is 8. The molecule has 0 unspecified atom stereocenters. The summed E-state index contributed by atoms with van der Waals surface area (Å²) >= 11 is 12.1. The maximum atomic E-state index is 12.9. The highest BCUT2D eigenvalue weighted by Gasteiger charge is 2.43. The third kappa shape index (κ3) is 5.80. The van der Waals surface area contributed by atoms with E-state index in [9.17, 15) is 9.59 Å². The molecule has 1 aromatic heterocycles. The summed E-state index contributed by atoms with van der Waals surface area (Å²) in [6, 6.07) is 21.1. The van der Waals surface area contributed by atoms with Gasteiger partial charge in [0.1, 0.15) is 5.78 Å². The van der Waals surface area contributed by atoms with E-state index in [0.717, 1.165) is 33.9 Å². The zero-order valence-corrected chi connectivity index (χ0v) is 20.0. The van der Waals surface area contributed by atoms with Crippen LogP contribution in [0.15, 0.2) is 79.1 Å². The number of benzene rings is 3. The lowest BCUT2D eigenvalue weighted by molar-refractivity contribution is -0.119. The van der Waals surface area contributed by atoms with Crippen molar-refractivity contribution in [1.82, 2.24) is 4.98 Å². The molecule has 0 spiro atoms. The van der Waals surface area contributed by atoms with Crippen LogP contribution >= 0.6 is 23.2 Å². The number of aromatic nitrogens is 1. The molecule has 4 aromatic rings. The minimum absolute atomic E-state index is 0. The Balaban J connectivity index is 0.00000289. The van der Waals surface area contributed by atoms with Crippen molar-refractivity contribution < 1.29 is 9.59 Å². The highest BCUT2D eigenvalue weighted by atomic mass is 35.5. The average Bonchev–Trinajstić information content (AvgIpc) is 3.65. The zero-order valence-electron chi connectivity index (χ0n) is 18.5. The van der Waals surface area contributed by atoms with Gasteiger partial charge in [-0.05, 0) is 59.0 Å². The van der Waals surface area contributed by atoms with Gasteiger partial charge in [-0.2, -0.15) is 0 Å². The molecule has 0 bridgehead atoms. The molecule has 3 aromatic carbocycles. The van der Waals surface area contributed by atoms with E-state index in [1.807, 2.05) is 54.7 Å². The first-order valence-electron chi connectivity index (χ1n) is 11.4. The van der Waals surface area contributed by atoms with Gasteiger partial charge in [0.2, 0.25) is 0 Å². The van der Waals surface area contributed by atoms with Crippen molar-refractivity contribution in [1.29, 1.82) is 0 Å². The molecule has 0 radical (unpaired) electrons. The lowest BCUT2D eigenvalue weighted by atomic mass is 9.98. The van der Waals surface area contributed by atoms with Crippen molar-refractivity contribution in [2.24, 2.45) is 5.92 Å². The number of ketones is 2. The van der Waals surface area contributed by atoms with Crippen molar-refractivity contribution in [2.75, 3.05) is 0 Å². The second-order valence-electron chi connectivity index (χ2n) is 8.93. The Labute approximate surface area is 216 Å². The van der Waals surface area contributed by atoms with E-state index in [-0.39, 0.29) is 30.8 Å². The molecular weight excluding hydrogens is 477 g/mol. The summed E-state index contributed by atoms with van der Waals surface area (Å²) in [5.74, 6) is 0.654. The lowest BCUT2D eigenvalue weighted by Crippen LogP contribution is -2.06. The van der Waals surface area contributed by atoms with Crippen molar-refractivity contribution in [2.45, 2.75) is 39.0 Å². The predicted molar refractivity (Wildman–Crippen MR) is 144 cm³/mol. The van der Waals surface area contributed by atoms with Gasteiger partial charge in [0, 0.05) is 52.1 Å². The van der Waals surface area contributed by atoms with Crippen molar-refractivity contribution in [3.63, 3.8) is 0 Å². The van der Waals surface area contributed by atoms with Gasteiger partial charge in [-0.1, -0.05) is 79.2 Å². The van der Waals surface area contributed by atoms with Gasteiger partial charge < -0.3 is 0 Å². The summed E-state index contributed by atoms with van der Waals surface area (Å²) in [4.78, 5) is 29.6. The molecule has 3 nitrogen and oxygen atoms in total. The molecule has 5 heteroatoms. The number of hydrogen-bond donors (Lipinski definition) is 0. The number of pyridine rings is 1. The van der Waals surface area contributed by atoms with Gasteiger partial charge in [-0.3, -0.25) is 14.6 Å². The van der Waals surface area contributed by atoms with Crippen molar-refractivity contribution in [3.05, 3.63) is 111 Å². The maximum absolute atomic E-state index is 12.9. The minimum atomic E-state index is 0. The Morgan fingerprint density at radius 3 is 2.49 bits per heavy atom. The highest BCUT2D eigenvalue weighted by Crippen LogP contribution is 2.48. The van der Waals surface area contributed by atoms with E-state index >= 15 is 0 Å². The topological polar surface area (TPSA) is 47.0 Å². The van der Waals surface area contributed by atoms with Crippen LogP contribution in [0.3, 0.4) is 0 Å². The third-order valence-corrected chi connectivity index (χ3v) is 7.17. The normalized spacial score (nSPS) is 16.5. The van der Waals surface area contributed by atoms with E-state index in [1.165, 1.54) is 0 Å². The van der Waals surface area contributed by atoms with E-state index in [0.29, 0.717) is 34.9 Å². The van der Waals surface area contributed by atoms with Crippen LogP contribution < -0.4 is 0 Å². The van der Waals surface area contributed by atoms with Gasteiger partial charge in [-0.15, -0.1) is 0 Å². The standard InChI is InChI=1S/C29H23Cl2NO2.CH4/c30-24-9-7-20(27(31)15-24)8-10-28(33)21-5-3-19(4-6-21)25-16-26(25)29(34)14-18-1-2-23-17-32-12-11-22(23)13-18;/h1-7,9,11-13,15,17,25-26H,8,10,14,16H2;1H4/t25-,26+;/m0./s1. The number of halogens is 2. The third-order valence-electron chi connectivity index (χ3n) is 6.58. The Morgan fingerprint density at radius 2 is 1.71 bits per heavy atom. The van der Waals surface area contributed by atoms with Crippen LogP contribution in [-0.4, -0.2) is 16.6 Å². The molecule has 0 N–H and O–H groups in total. The summed E-state index contributed by atoms with van der Waals surface area (Å²) in [5, 5.41) is 3.35.